The molecule has 14 heavy (non-hydrogen) atoms. The van der Waals surface area contributed by atoms with E-state index >= 15 is 0 Å². The molecule has 1 aliphatic carbocycles. The zero-order chi connectivity index (χ0) is 10.2. The second-order valence-corrected chi connectivity index (χ2v) is 3.66. The van der Waals surface area contributed by atoms with Crippen molar-refractivity contribution >= 4 is 17.7 Å². The Labute approximate surface area is 84.6 Å². The van der Waals surface area contributed by atoms with Crippen molar-refractivity contribution < 1.29 is 9.18 Å². The van der Waals surface area contributed by atoms with Crippen LogP contribution in [0.25, 0.3) is 0 Å². The van der Waals surface area contributed by atoms with Crippen molar-refractivity contribution in [2.45, 2.75) is 18.4 Å². The van der Waals surface area contributed by atoms with Gasteiger partial charge >= 0.3 is 0 Å². The highest BCUT2D eigenvalue weighted by Crippen LogP contribution is 2.50. The number of rotatable bonds is 2. The lowest BCUT2D eigenvalue weighted by molar-refractivity contribution is 0.531. The van der Waals surface area contributed by atoms with E-state index in [9.17, 15) is 9.18 Å². The zero-order valence-corrected chi connectivity index (χ0v) is 7.88. The van der Waals surface area contributed by atoms with Gasteiger partial charge in [0.15, 0.2) is 0 Å². The highest BCUT2D eigenvalue weighted by atomic mass is 35.5. The second-order valence-electron chi connectivity index (χ2n) is 3.23. The molecule has 1 saturated carbocycles. The fourth-order valence-corrected chi connectivity index (χ4v) is 1.55. The van der Waals surface area contributed by atoms with Crippen molar-refractivity contribution in [3.05, 3.63) is 28.8 Å². The van der Waals surface area contributed by atoms with Crippen molar-refractivity contribution in [1.29, 1.82) is 0 Å². The van der Waals surface area contributed by atoms with Crippen LogP contribution in [0.2, 0.25) is 5.02 Å². The summed E-state index contributed by atoms with van der Waals surface area (Å²) in [5.41, 5.74) is -0.461. The minimum Gasteiger partial charge on any atom is -0.226 e. The van der Waals surface area contributed by atoms with Gasteiger partial charge in [0.1, 0.15) is 5.54 Å². The van der Waals surface area contributed by atoms with Gasteiger partial charge in [0.25, 0.3) is 0 Å². The summed E-state index contributed by atoms with van der Waals surface area (Å²) in [5, 5.41) is 0.341. The molecule has 1 aromatic rings. The number of isocyanates is 1. The first kappa shape index (κ1) is 9.31. The van der Waals surface area contributed by atoms with E-state index in [0.29, 0.717) is 17.9 Å². The number of aromatic nitrogens is 1. The quantitative estimate of drug-likeness (QED) is 0.429. The van der Waals surface area contributed by atoms with Crippen molar-refractivity contribution in [1.82, 2.24) is 4.98 Å². The maximum absolute atomic E-state index is 13.3. The van der Waals surface area contributed by atoms with Crippen molar-refractivity contribution in [3.63, 3.8) is 0 Å². The molecule has 0 amide bonds. The Kier molecular flexibility index (Phi) is 2.10. The molecule has 3 nitrogen and oxygen atoms in total. The smallest absolute Gasteiger partial charge is 0.226 e. The molecular formula is C9H6ClFN2O. The monoisotopic (exact) mass is 212 g/mol. The van der Waals surface area contributed by atoms with E-state index in [2.05, 4.69) is 9.98 Å². The molecule has 1 heterocycles. The molecule has 0 aliphatic heterocycles. The van der Waals surface area contributed by atoms with Crippen molar-refractivity contribution in [2.24, 2.45) is 4.99 Å². The minimum absolute atomic E-state index is 0.286. The third kappa shape index (κ3) is 1.43. The van der Waals surface area contributed by atoms with Crippen LogP contribution in [0.1, 0.15) is 18.4 Å². The Hall–Kier alpha value is -1.25. The fraction of sp³-hybridized carbons (Fsp3) is 0.333. The van der Waals surface area contributed by atoms with Crippen LogP contribution in [-0.4, -0.2) is 11.1 Å². The number of halogens is 2. The van der Waals surface area contributed by atoms with E-state index < -0.39 is 11.5 Å². The van der Waals surface area contributed by atoms with E-state index in [-0.39, 0.29) is 5.56 Å². The van der Waals surface area contributed by atoms with Gasteiger partial charge in [0.05, 0.1) is 5.02 Å². The summed E-state index contributed by atoms with van der Waals surface area (Å²) in [6, 6.07) is 1.46. The highest BCUT2D eigenvalue weighted by Gasteiger charge is 2.47. The average molecular weight is 213 g/mol. The molecule has 72 valence electrons. The first-order valence-corrected chi connectivity index (χ1v) is 4.46. The molecule has 1 aliphatic rings. The maximum atomic E-state index is 13.3. The molecular weight excluding hydrogens is 207 g/mol. The highest BCUT2D eigenvalue weighted by molar-refractivity contribution is 6.30. The number of pyridine rings is 1. The van der Waals surface area contributed by atoms with Gasteiger partial charge in [-0.2, -0.15) is 9.38 Å². The summed E-state index contributed by atoms with van der Waals surface area (Å²) in [6.07, 6.45) is 3.96. The van der Waals surface area contributed by atoms with Crippen LogP contribution in [0.15, 0.2) is 17.3 Å². The van der Waals surface area contributed by atoms with E-state index in [1.165, 1.54) is 18.3 Å². The van der Waals surface area contributed by atoms with Gasteiger partial charge in [-0.3, -0.25) is 0 Å². The van der Waals surface area contributed by atoms with E-state index in [1.807, 2.05) is 0 Å². The lowest BCUT2D eigenvalue weighted by Gasteiger charge is -2.08. The predicted molar refractivity (Wildman–Crippen MR) is 48.2 cm³/mol. The van der Waals surface area contributed by atoms with Gasteiger partial charge < -0.3 is 0 Å². The number of nitrogens with zero attached hydrogens (tertiary/aromatic N) is 2. The molecule has 0 N–H and O–H groups in total. The molecule has 0 spiro atoms. The summed E-state index contributed by atoms with van der Waals surface area (Å²) in [5.74, 6) is -0.620. The van der Waals surface area contributed by atoms with Crippen molar-refractivity contribution in [2.75, 3.05) is 0 Å². The second kappa shape index (κ2) is 3.15. The molecule has 0 saturated heterocycles. The molecule has 0 bridgehead atoms. The Morgan fingerprint density at radius 2 is 2.36 bits per heavy atom. The van der Waals surface area contributed by atoms with E-state index in [0.717, 1.165) is 0 Å². The summed E-state index contributed by atoms with van der Waals surface area (Å²) in [7, 11) is 0. The van der Waals surface area contributed by atoms with Gasteiger partial charge in [0, 0.05) is 11.8 Å². The lowest BCUT2D eigenvalue weighted by Crippen LogP contribution is -2.06. The SMILES string of the molecule is O=C=NC1(c2cc(Cl)cnc2F)CC1. The first-order chi connectivity index (χ1) is 6.68. The Morgan fingerprint density at radius 1 is 1.64 bits per heavy atom. The van der Waals surface area contributed by atoms with E-state index in [4.69, 9.17) is 11.6 Å². The summed E-state index contributed by atoms with van der Waals surface area (Å²) in [6.45, 7) is 0. The van der Waals surface area contributed by atoms with Crippen LogP contribution in [-0.2, 0) is 10.3 Å². The molecule has 5 heteroatoms. The summed E-state index contributed by atoms with van der Waals surface area (Å²) < 4.78 is 13.3. The number of aliphatic imine (C=N–C) groups is 1. The topological polar surface area (TPSA) is 42.3 Å². The average Bonchev–Trinajstić information content (AvgIpc) is 2.91. The first-order valence-electron chi connectivity index (χ1n) is 4.08. The van der Waals surface area contributed by atoms with Gasteiger partial charge in [-0.05, 0) is 18.9 Å². The number of hydrogen-bond donors (Lipinski definition) is 0. The van der Waals surface area contributed by atoms with Gasteiger partial charge in [-0.1, -0.05) is 11.6 Å². The summed E-state index contributed by atoms with van der Waals surface area (Å²) >= 11 is 5.68. The normalized spacial score (nSPS) is 17.3. The molecule has 0 atom stereocenters. The van der Waals surface area contributed by atoms with Crippen LogP contribution in [0.5, 0.6) is 0 Å². The molecule has 1 fully saturated rings. The molecule has 0 radical (unpaired) electrons. The van der Waals surface area contributed by atoms with Gasteiger partial charge in [-0.25, -0.2) is 9.78 Å². The zero-order valence-electron chi connectivity index (χ0n) is 7.13. The lowest BCUT2D eigenvalue weighted by atomic mass is 10.1. The molecule has 1 aromatic heterocycles. The van der Waals surface area contributed by atoms with Crippen LogP contribution in [0, 0.1) is 5.95 Å². The van der Waals surface area contributed by atoms with Crippen LogP contribution >= 0.6 is 11.6 Å². The third-order valence-electron chi connectivity index (χ3n) is 2.29. The maximum Gasteiger partial charge on any atom is 0.235 e. The van der Waals surface area contributed by atoms with Gasteiger partial charge in [-0.15, -0.1) is 0 Å². The summed E-state index contributed by atoms with van der Waals surface area (Å²) in [4.78, 5) is 17.2. The molecule has 2 rings (SSSR count). The Bertz CT molecular complexity index is 425. The van der Waals surface area contributed by atoms with Crippen LogP contribution < -0.4 is 0 Å². The van der Waals surface area contributed by atoms with Crippen molar-refractivity contribution in [3.8, 4) is 0 Å². The Balaban J connectivity index is 2.50. The largest absolute Gasteiger partial charge is 0.235 e. The third-order valence-corrected chi connectivity index (χ3v) is 2.50. The standard InChI is InChI=1S/C9H6ClFN2O/c10-6-3-7(8(11)12-4-6)9(1-2-9)13-5-14/h3-4H,1-2H2. The molecule has 0 unspecified atom stereocenters. The molecule has 0 aromatic carbocycles. The fourth-order valence-electron chi connectivity index (χ4n) is 1.40. The number of carbonyl (C=O) groups excluding carboxylic acids is 1. The number of hydrogen-bond acceptors (Lipinski definition) is 3. The van der Waals surface area contributed by atoms with Crippen LogP contribution in [0.3, 0.4) is 0 Å². The van der Waals surface area contributed by atoms with E-state index in [1.54, 1.807) is 0 Å². The predicted octanol–water partition coefficient (Wildman–Crippen LogP) is 2.20. The Morgan fingerprint density at radius 3 is 2.93 bits per heavy atom. The van der Waals surface area contributed by atoms with Crippen LogP contribution in [0.4, 0.5) is 4.39 Å². The minimum atomic E-state index is -0.746. The van der Waals surface area contributed by atoms with Gasteiger partial charge in [0.2, 0.25) is 12.0 Å².